The molecule has 1 amide bonds. The summed E-state index contributed by atoms with van der Waals surface area (Å²) in [5, 5.41) is 3.08. The fourth-order valence-electron chi connectivity index (χ4n) is 2.11. The second-order valence-electron chi connectivity index (χ2n) is 5.66. The molecule has 2 atom stereocenters. The summed E-state index contributed by atoms with van der Waals surface area (Å²) in [5.74, 6) is 0.845. The Balaban J connectivity index is 4.97. The number of rotatable bonds is 6. The minimum absolute atomic E-state index is 0.0330. The predicted molar refractivity (Wildman–Crippen MR) is 69.1 cm³/mol. The molecule has 0 aromatic carbocycles. The second-order valence-corrected chi connectivity index (χ2v) is 5.66. The Morgan fingerprint density at radius 3 is 2.12 bits per heavy atom. The average molecular weight is 228 g/mol. The molecule has 0 fully saturated rings. The second kappa shape index (κ2) is 6.24. The van der Waals surface area contributed by atoms with Crippen molar-refractivity contribution in [2.75, 3.05) is 6.54 Å². The van der Waals surface area contributed by atoms with Crippen LogP contribution in [0, 0.1) is 17.3 Å². The maximum absolute atomic E-state index is 11.3. The van der Waals surface area contributed by atoms with Crippen LogP contribution < -0.4 is 11.1 Å². The zero-order valence-electron chi connectivity index (χ0n) is 11.6. The first-order chi connectivity index (χ1) is 7.26. The van der Waals surface area contributed by atoms with E-state index in [-0.39, 0.29) is 17.4 Å². The van der Waals surface area contributed by atoms with Crippen LogP contribution in [0.15, 0.2) is 0 Å². The van der Waals surface area contributed by atoms with Crippen molar-refractivity contribution in [3.05, 3.63) is 0 Å². The van der Waals surface area contributed by atoms with Crippen molar-refractivity contribution in [1.29, 1.82) is 0 Å². The Bertz CT molecular complexity index is 224. The topological polar surface area (TPSA) is 55.1 Å². The van der Waals surface area contributed by atoms with Gasteiger partial charge in [0.2, 0.25) is 5.91 Å². The lowest BCUT2D eigenvalue weighted by Gasteiger charge is -2.41. The monoisotopic (exact) mass is 228 g/mol. The highest BCUT2D eigenvalue weighted by Crippen LogP contribution is 2.32. The summed E-state index contributed by atoms with van der Waals surface area (Å²) in [4.78, 5) is 11.3. The Morgan fingerprint density at radius 1 is 1.38 bits per heavy atom. The van der Waals surface area contributed by atoms with Gasteiger partial charge in [0, 0.05) is 13.0 Å². The van der Waals surface area contributed by atoms with Gasteiger partial charge < -0.3 is 11.1 Å². The van der Waals surface area contributed by atoms with Gasteiger partial charge in [-0.1, -0.05) is 34.6 Å². The van der Waals surface area contributed by atoms with E-state index in [0.717, 1.165) is 6.42 Å². The van der Waals surface area contributed by atoms with Gasteiger partial charge in [-0.25, -0.2) is 0 Å². The van der Waals surface area contributed by atoms with E-state index < -0.39 is 0 Å². The smallest absolute Gasteiger partial charge is 0.217 e. The highest BCUT2D eigenvalue weighted by atomic mass is 16.1. The van der Waals surface area contributed by atoms with E-state index in [9.17, 15) is 4.79 Å². The molecule has 0 aromatic heterocycles. The zero-order chi connectivity index (χ0) is 12.9. The molecule has 0 rings (SSSR count). The van der Waals surface area contributed by atoms with Crippen LogP contribution in [-0.4, -0.2) is 18.5 Å². The molecule has 0 spiro atoms. The molecule has 0 aliphatic rings. The van der Waals surface area contributed by atoms with Crippen LogP contribution in [0.3, 0.4) is 0 Å². The highest BCUT2D eigenvalue weighted by Gasteiger charge is 2.35. The lowest BCUT2D eigenvalue weighted by Crippen LogP contribution is -2.52. The minimum Gasteiger partial charge on any atom is -0.353 e. The quantitative estimate of drug-likeness (QED) is 0.732. The van der Waals surface area contributed by atoms with Gasteiger partial charge in [0.25, 0.3) is 0 Å². The van der Waals surface area contributed by atoms with Gasteiger partial charge in [0.15, 0.2) is 0 Å². The third-order valence-electron chi connectivity index (χ3n) is 3.67. The van der Waals surface area contributed by atoms with Crippen molar-refractivity contribution in [3.63, 3.8) is 0 Å². The van der Waals surface area contributed by atoms with E-state index in [0.29, 0.717) is 18.4 Å². The largest absolute Gasteiger partial charge is 0.353 e. The SMILES string of the molecule is CCC(C)(C)C(NC(C)=O)C(CN)C(C)C. The standard InChI is InChI=1S/C13H28N2O/c1-7-13(5,6)12(15-10(4)16)11(8-14)9(2)3/h9,11-12H,7-8,14H2,1-6H3,(H,15,16). The first-order valence-corrected chi connectivity index (χ1v) is 6.23. The molecule has 0 radical (unpaired) electrons. The van der Waals surface area contributed by atoms with Gasteiger partial charge in [0.05, 0.1) is 0 Å². The van der Waals surface area contributed by atoms with E-state index in [4.69, 9.17) is 5.73 Å². The Labute approximate surface area is 100 Å². The lowest BCUT2D eigenvalue weighted by atomic mass is 9.72. The van der Waals surface area contributed by atoms with Crippen molar-refractivity contribution < 1.29 is 4.79 Å². The number of nitrogens with one attached hydrogen (secondary N) is 1. The number of nitrogens with two attached hydrogens (primary N) is 1. The fourth-order valence-corrected chi connectivity index (χ4v) is 2.11. The molecule has 3 heteroatoms. The molecule has 0 aromatic rings. The van der Waals surface area contributed by atoms with Crippen molar-refractivity contribution in [2.24, 2.45) is 23.0 Å². The molecule has 3 nitrogen and oxygen atoms in total. The molecule has 0 saturated carbocycles. The molecule has 0 aliphatic heterocycles. The minimum atomic E-state index is 0.0330. The fraction of sp³-hybridized carbons (Fsp3) is 0.923. The van der Waals surface area contributed by atoms with Crippen molar-refractivity contribution >= 4 is 5.91 Å². The van der Waals surface area contributed by atoms with Crippen LogP contribution in [0.25, 0.3) is 0 Å². The normalized spacial score (nSPS) is 16.0. The van der Waals surface area contributed by atoms with Crippen LogP contribution in [0.1, 0.15) is 48.0 Å². The molecule has 0 bridgehead atoms. The molecule has 2 unspecified atom stereocenters. The van der Waals surface area contributed by atoms with Gasteiger partial charge in [-0.05, 0) is 30.2 Å². The number of hydrogen-bond donors (Lipinski definition) is 2. The van der Waals surface area contributed by atoms with Crippen LogP contribution in [-0.2, 0) is 4.79 Å². The van der Waals surface area contributed by atoms with Crippen LogP contribution >= 0.6 is 0 Å². The molecule has 0 aliphatic carbocycles. The van der Waals surface area contributed by atoms with Crippen LogP contribution in [0.2, 0.25) is 0 Å². The van der Waals surface area contributed by atoms with E-state index in [1.165, 1.54) is 0 Å². The van der Waals surface area contributed by atoms with E-state index in [2.05, 4.69) is 39.9 Å². The average Bonchev–Trinajstić information content (AvgIpc) is 2.16. The molecular weight excluding hydrogens is 200 g/mol. The first kappa shape index (κ1) is 15.4. The third kappa shape index (κ3) is 4.12. The van der Waals surface area contributed by atoms with E-state index in [1.807, 2.05) is 0 Å². The number of carbonyl (C=O) groups is 1. The number of amides is 1. The summed E-state index contributed by atoms with van der Waals surface area (Å²) in [6.45, 7) is 13.1. The number of carbonyl (C=O) groups excluding carboxylic acids is 1. The maximum Gasteiger partial charge on any atom is 0.217 e. The Hall–Kier alpha value is -0.570. The summed E-state index contributed by atoms with van der Waals surface area (Å²) in [7, 11) is 0. The van der Waals surface area contributed by atoms with E-state index >= 15 is 0 Å². The predicted octanol–water partition coefficient (Wildman–Crippen LogP) is 2.16. The zero-order valence-corrected chi connectivity index (χ0v) is 11.6. The summed E-state index contributed by atoms with van der Waals surface area (Å²) < 4.78 is 0. The lowest BCUT2D eigenvalue weighted by molar-refractivity contribution is -0.121. The van der Waals surface area contributed by atoms with Crippen LogP contribution in [0.4, 0.5) is 0 Å². The van der Waals surface area contributed by atoms with Crippen molar-refractivity contribution in [2.45, 2.75) is 54.0 Å². The third-order valence-corrected chi connectivity index (χ3v) is 3.67. The molecule has 96 valence electrons. The summed E-state index contributed by atoms with van der Waals surface area (Å²) in [5.41, 5.74) is 5.93. The van der Waals surface area contributed by atoms with Gasteiger partial charge in [-0.3, -0.25) is 4.79 Å². The molecule has 3 N–H and O–H groups in total. The van der Waals surface area contributed by atoms with Gasteiger partial charge >= 0.3 is 0 Å². The molecule has 16 heavy (non-hydrogen) atoms. The van der Waals surface area contributed by atoms with Crippen molar-refractivity contribution in [1.82, 2.24) is 5.32 Å². The highest BCUT2D eigenvalue weighted by molar-refractivity contribution is 5.73. The van der Waals surface area contributed by atoms with Crippen molar-refractivity contribution in [3.8, 4) is 0 Å². The van der Waals surface area contributed by atoms with E-state index in [1.54, 1.807) is 6.92 Å². The summed E-state index contributed by atoms with van der Waals surface area (Å²) >= 11 is 0. The Kier molecular flexibility index (Phi) is 6.01. The molecule has 0 heterocycles. The summed E-state index contributed by atoms with van der Waals surface area (Å²) in [6.07, 6.45) is 1.03. The first-order valence-electron chi connectivity index (χ1n) is 6.23. The molecule has 0 saturated heterocycles. The van der Waals surface area contributed by atoms with Gasteiger partial charge in [-0.2, -0.15) is 0 Å². The number of hydrogen-bond acceptors (Lipinski definition) is 2. The van der Waals surface area contributed by atoms with Crippen LogP contribution in [0.5, 0.6) is 0 Å². The molecular formula is C13H28N2O. The summed E-state index contributed by atoms with van der Waals surface area (Å²) in [6, 6.07) is 0.153. The maximum atomic E-state index is 11.3. The van der Waals surface area contributed by atoms with Gasteiger partial charge in [-0.15, -0.1) is 0 Å². The Morgan fingerprint density at radius 2 is 1.88 bits per heavy atom. The van der Waals surface area contributed by atoms with Gasteiger partial charge in [0.1, 0.15) is 0 Å².